The molecule has 2 unspecified atom stereocenters. The first-order valence-electron chi connectivity index (χ1n) is 4.97. The fraction of sp³-hybridized carbons (Fsp3) is 0.714. The van der Waals surface area contributed by atoms with Gasteiger partial charge in [-0.2, -0.15) is 4.28 Å². The molecule has 1 aromatic rings. The first-order valence-corrected chi connectivity index (χ1v) is 6.30. The summed E-state index contributed by atoms with van der Waals surface area (Å²) in [6, 6.07) is -0.317. The van der Waals surface area contributed by atoms with E-state index in [1.165, 1.54) is 0 Å². The summed E-state index contributed by atoms with van der Waals surface area (Å²) in [4.78, 5) is 1.94. The average Bonchev–Trinajstić information content (AvgIpc) is 2.69. The van der Waals surface area contributed by atoms with E-state index in [4.69, 9.17) is 0 Å². The van der Waals surface area contributed by atoms with E-state index in [-0.39, 0.29) is 42.3 Å². The van der Waals surface area contributed by atoms with Crippen LogP contribution in [-0.2, 0) is 28.3 Å². The third-order valence-electron chi connectivity index (χ3n) is 2.94. The Morgan fingerprint density at radius 3 is 2.89 bits per heavy atom. The van der Waals surface area contributed by atoms with Crippen LogP contribution in [0, 0.1) is 0 Å². The van der Waals surface area contributed by atoms with Gasteiger partial charge in [-0.05, 0) is 0 Å². The Labute approximate surface area is 126 Å². The molecule has 0 spiro atoms. The van der Waals surface area contributed by atoms with E-state index >= 15 is 0 Å². The molecule has 1 saturated heterocycles. The largest absolute Gasteiger partial charge is 1.00 e. The molecule has 9 nitrogen and oxygen atoms in total. The van der Waals surface area contributed by atoms with Gasteiger partial charge >= 0.3 is 29.6 Å². The second-order valence-electron chi connectivity index (χ2n) is 4.11. The second kappa shape index (κ2) is 4.80. The quantitative estimate of drug-likeness (QED) is 0.303. The van der Waals surface area contributed by atoms with Crippen molar-refractivity contribution >= 4 is 10.4 Å². The van der Waals surface area contributed by atoms with Crippen molar-refractivity contribution in [1.29, 1.82) is 0 Å². The molecule has 3 heterocycles. The van der Waals surface area contributed by atoms with Gasteiger partial charge in [-0.25, -0.2) is 8.42 Å². The standard InChI is InChI=1S/C7H11N5O4S.Na/c1-10-7-5(8-9-10)2-11-3-6(7)12(4-11)16-17(13,14)15;/h6H,2-4H2,1H3,(H,13,14,15);/q;+1/p-1. The van der Waals surface area contributed by atoms with E-state index in [0.29, 0.717) is 13.1 Å². The summed E-state index contributed by atoms with van der Waals surface area (Å²) in [5.74, 6) is 0. The fourth-order valence-electron chi connectivity index (χ4n) is 2.36. The molecule has 2 aliphatic rings. The summed E-state index contributed by atoms with van der Waals surface area (Å²) in [7, 11) is -3.02. The molecule has 0 aromatic carbocycles. The second-order valence-corrected chi connectivity index (χ2v) is 5.08. The SMILES string of the molecule is Cn1nnc2c1C1CN(C2)CN1OS(=O)(=O)[O-].[Na+]. The van der Waals surface area contributed by atoms with Gasteiger partial charge < -0.3 is 4.55 Å². The fourth-order valence-corrected chi connectivity index (χ4v) is 2.74. The number of aryl methyl sites for hydroxylation is 1. The van der Waals surface area contributed by atoms with Crippen molar-refractivity contribution in [3.8, 4) is 0 Å². The number of nitrogens with zero attached hydrogens (tertiary/aromatic N) is 5. The Kier molecular flexibility index (Phi) is 3.82. The van der Waals surface area contributed by atoms with E-state index < -0.39 is 10.4 Å². The zero-order chi connectivity index (χ0) is 12.2. The Balaban J connectivity index is 0.00000120. The van der Waals surface area contributed by atoms with Crippen LogP contribution in [0.15, 0.2) is 0 Å². The van der Waals surface area contributed by atoms with E-state index in [0.717, 1.165) is 16.5 Å². The third-order valence-corrected chi connectivity index (χ3v) is 3.31. The molecule has 0 radical (unpaired) electrons. The number of fused-ring (bicyclic) bond motifs is 4. The van der Waals surface area contributed by atoms with Gasteiger partial charge in [0.05, 0.1) is 18.4 Å². The maximum atomic E-state index is 10.6. The van der Waals surface area contributed by atoms with Crippen LogP contribution in [0.3, 0.4) is 0 Å². The topological polar surface area (TPSA) is 104 Å². The molecule has 2 bridgehead atoms. The smallest absolute Gasteiger partial charge is 0.724 e. The van der Waals surface area contributed by atoms with Gasteiger partial charge in [0, 0.05) is 20.1 Å². The van der Waals surface area contributed by atoms with Crippen LogP contribution in [0.2, 0.25) is 0 Å². The zero-order valence-electron chi connectivity index (χ0n) is 9.98. The molecule has 11 heteroatoms. The summed E-state index contributed by atoms with van der Waals surface area (Å²) in [5, 5.41) is 9.03. The van der Waals surface area contributed by atoms with Crippen molar-refractivity contribution in [2.75, 3.05) is 13.2 Å². The number of hydrogen-bond donors (Lipinski definition) is 0. The van der Waals surface area contributed by atoms with Crippen LogP contribution in [0.1, 0.15) is 17.4 Å². The first-order chi connectivity index (χ1) is 7.94. The molecule has 3 rings (SSSR count). The van der Waals surface area contributed by atoms with Crippen molar-refractivity contribution in [2.24, 2.45) is 7.05 Å². The monoisotopic (exact) mass is 283 g/mol. The Hall–Kier alpha value is -0.0700. The molecule has 18 heavy (non-hydrogen) atoms. The van der Waals surface area contributed by atoms with Gasteiger partial charge in [-0.3, -0.25) is 9.58 Å². The van der Waals surface area contributed by atoms with Crippen LogP contribution in [0.25, 0.3) is 0 Å². The molecule has 2 atom stereocenters. The molecule has 94 valence electrons. The molecule has 2 aliphatic heterocycles. The number of hydrogen-bond acceptors (Lipinski definition) is 8. The molecule has 1 aromatic heterocycles. The van der Waals surface area contributed by atoms with Crippen molar-refractivity contribution in [3.05, 3.63) is 11.4 Å². The predicted octanol–water partition coefficient (Wildman–Crippen LogP) is -4.66. The summed E-state index contributed by atoms with van der Waals surface area (Å²) in [5.41, 5.74) is 1.58. The minimum Gasteiger partial charge on any atom is -0.724 e. The van der Waals surface area contributed by atoms with E-state index in [1.54, 1.807) is 11.7 Å². The van der Waals surface area contributed by atoms with Gasteiger partial charge in [0.1, 0.15) is 5.69 Å². The molecule has 1 fully saturated rings. The van der Waals surface area contributed by atoms with Crippen molar-refractivity contribution in [3.63, 3.8) is 0 Å². The summed E-state index contributed by atoms with van der Waals surface area (Å²) in [6.07, 6.45) is 0. The summed E-state index contributed by atoms with van der Waals surface area (Å²) in [6.45, 7) is 1.45. The van der Waals surface area contributed by atoms with Crippen molar-refractivity contribution < 1.29 is 46.8 Å². The maximum Gasteiger partial charge on any atom is 1.00 e. The van der Waals surface area contributed by atoms with E-state index in [9.17, 15) is 13.0 Å². The van der Waals surface area contributed by atoms with Gasteiger partial charge in [0.15, 0.2) is 0 Å². The summed E-state index contributed by atoms with van der Waals surface area (Å²) < 4.78 is 37.9. The van der Waals surface area contributed by atoms with Gasteiger partial charge in [-0.15, -0.1) is 10.2 Å². The minimum atomic E-state index is -4.75. The Morgan fingerprint density at radius 1 is 1.50 bits per heavy atom. The average molecular weight is 283 g/mol. The molecule has 0 saturated carbocycles. The van der Waals surface area contributed by atoms with Crippen LogP contribution >= 0.6 is 0 Å². The van der Waals surface area contributed by atoms with E-state index in [2.05, 4.69) is 14.6 Å². The first kappa shape index (κ1) is 14.3. The van der Waals surface area contributed by atoms with Crippen LogP contribution in [-0.4, -0.2) is 51.1 Å². The van der Waals surface area contributed by atoms with Gasteiger partial charge in [0.2, 0.25) is 10.4 Å². The van der Waals surface area contributed by atoms with E-state index in [1.807, 2.05) is 4.90 Å². The molecular weight excluding hydrogens is 273 g/mol. The Bertz CT molecular complexity index is 560. The minimum absolute atomic E-state index is 0. The van der Waals surface area contributed by atoms with Crippen molar-refractivity contribution in [1.82, 2.24) is 25.0 Å². The van der Waals surface area contributed by atoms with Crippen LogP contribution < -0.4 is 29.6 Å². The molecule has 0 amide bonds. The molecule has 0 aliphatic carbocycles. The Morgan fingerprint density at radius 2 is 2.22 bits per heavy atom. The van der Waals surface area contributed by atoms with Gasteiger partial charge in [-0.1, -0.05) is 5.21 Å². The van der Waals surface area contributed by atoms with Gasteiger partial charge in [0.25, 0.3) is 0 Å². The number of hydroxylamine groups is 2. The zero-order valence-corrected chi connectivity index (χ0v) is 12.8. The maximum absolute atomic E-state index is 10.6. The number of rotatable bonds is 2. The summed E-state index contributed by atoms with van der Waals surface area (Å²) >= 11 is 0. The molecular formula is C7H10N5NaO4S. The number of aromatic nitrogens is 3. The van der Waals surface area contributed by atoms with Crippen molar-refractivity contribution in [2.45, 2.75) is 12.6 Å². The normalized spacial score (nSPS) is 26.8. The molecule has 0 N–H and O–H groups in total. The predicted molar refractivity (Wildman–Crippen MR) is 51.6 cm³/mol. The third kappa shape index (κ3) is 2.47. The van der Waals surface area contributed by atoms with Crippen LogP contribution in [0.4, 0.5) is 0 Å². The van der Waals surface area contributed by atoms with Crippen LogP contribution in [0.5, 0.6) is 0 Å².